The van der Waals surface area contributed by atoms with E-state index in [1.54, 1.807) is 54.5 Å². The fourth-order valence-electron chi connectivity index (χ4n) is 10.7. The van der Waals surface area contributed by atoms with Crippen molar-refractivity contribution < 1.29 is 57.8 Å². The highest BCUT2D eigenvalue weighted by molar-refractivity contribution is 5.99. The van der Waals surface area contributed by atoms with Crippen molar-refractivity contribution in [2.45, 2.75) is 223 Å². The average Bonchev–Trinajstić information content (AvgIpc) is 3.62. The summed E-state index contributed by atoms with van der Waals surface area (Å²) in [5, 5.41) is 23.1. The van der Waals surface area contributed by atoms with Crippen molar-refractivity contribution in [3.63, 3.8) is 0 Å². The molecule has 0 saturated carbocycles. The van der Waals surface area contributed by atoms with Crippen LogP contribution in [-0.2, 0) is 52.7 Å². The minimum Gasteiger partial charge on any atom is -0.390 e. The summed E-state index contributed by atoms with van der Waals surface area (Å²) in [5.74, 6) is -9.71. The van der Waals surface area contributed by atoms with E-state index in [2.05, 4.69) is 21.3 Å². The van der Waals surface area contributed by atoms with Crippen molar-refractivity contribution in [2.24, 2.45) is 41.4 Å². The Bertz CT molecular complexity index is 2330. The number of carbonyl (C=O) groups excluding carboxylic acids is 11. The molecule has 0 radical (unpaired) electrons. The molecule has 23 nitrogen and oxygen atoms in total. The Morgan fingerprint density at radius 3 is 1.32 bits per heavy atom. The molecule has 85 heavy (non-hydrogen) atoms. The first kappa shape index (κ1) is 76.9. The van der Waals surface area contributed by atoms with Gasteiger partial charge in [0.25, 0.3) is 0 Å². The molecule has 0 bridgehead atoms. The van der Waals surface area contributed by atoms with E-state index < -0.39 is 156 Å². The second-order valence-electron chi connectivity index (χ2n) is 26.1. The van der Waals surface area contributed by atoms with Gasteiger partial charge in [-0.2, -0.15) is 0 Å². The lowest BCUT2D eigenvalue weighted by Gasteiger charge is -2.41. The van der Waals surface area contributed by atoms with Gasteiger partial charge in [-0.05, 0) is 101 Å². The largest absolute Gasteiger partial charge is 0.390 e. The molecule has 12 atom stereocenters. The summed E-state index contributed by atoms with van der Waals surface area (Å²) in [6.45, 7) is 29.3. The number of likely N-dealkylation sites (N-methyl/N-ethyl adjacent to an activating group) is 7. The van der Waals surface area contributed by atoms with E-state index in [4.69, 9.17) is 0 Å². The van der Waals surface area contributed by atoms with Gasteiger partial charge in [0.05, 0.1) is 12.6 Å². The van der Waals surface area contributed by atoms with Crippen molar-refractivity contribution in [3.8, 4) is 0 Å². The molecule has 0 aromatic heterocycles. The van der Waals surface area contributed by atoms with Crippen molar-refractivity contribution in [1.29, 1.82) is 0 Å². The van der Waals surface area contributed by atoms with Gasteiger partial charge in [0.2, 0.25) is 65.0 Å². The van der Waals surface area contributed by atoms with Gasteiger partial charge in [-0.15, -0.1) is 0 Å². The maximum Gasteiger partial charge on any atom is 0.246 e. The first-order valence-electron chi connectivity index (χ1n) is 30.6. The Balaban J connectivity index is 4.32. The van der Waals surface area contributed by atoms with E-state index in [-0.39, 0.29) is 55.8 Å². The van der Waals surface area contributed by atoms with E-state index in [9.17, 15) is 48.3 Å². The zero-order valence-electron chi connectivity index (χ0n) is 56.1. The number of amides is 11. The Kier molecular flexibility index (Phi) is 31.5. The molecule has 23 heteroatoms. The molecule has 1 aliphatic rings. The Hall–Kier alpha value is -6.13. The van der Waals surface area contributed by atoms with E-state index in [1.165, 1.54) is 87.7 Å². The number of hydrogen-bond donors (Lipinski definition) is 5. The molecule has 1 heterocycles. The van der Waals surface area contributed by atoms with Crippen LogP contribution in [0.5, 0.6) is 0 Å². The smallest absolute Gasteiger partial charge is 0.246 e. The number of nitrogens with one attached hydrogen (secondary N) is 4. The highest BCUT2D eigenvalue weighted by atomic mass is 16.3. The van der Waals surface area contributed by atoms with E-state index >= 15 is 9.59 Å². The number of rotatable bonds is 15. The molecule has 0 aromatic rings. The molecule has 5 N–H and O–H groups in total. The van der Waals surface area contributed by atoms with E-state index in [0.717, 1.165) is 9.80 Å². The molecule has 0 spiro atoms. The third-order valence-corrected chi connectivity index (χ3v) is 16.1. The first-order valence-corrected chi connectivity index (χ1v) is 30.6. The summed E-state index contributed by atoms with van der Waals surface area (Å²) in [4.78, 5) is 169. The lowest BCUT2D eigenvalue weighted by atomic mass is 9.91. The Labute approximate surface area is 508 Å². The van der Waals surface area contributed by atoms with Crippen LogP contribution in [0.1, 0.15) is 156 Å². The SMILES string of the molecule is C/C=C/C[C@@H](C)[C@@H](O)C1C(=O)N[C@@H](CC)C(=O)N(C)CC(=O)N(C)[C@@H](CC(C)C)C(=O)N[C@@H](C(C)C)C(=O)N(C)[C@@H](CC(C)C)C(=O)N[C@@H](C)C(=O)N[C@H](C)C(=O)N(C)[C@H](CC(C)C)C(=O)N(C)C(CC(C)C)C(=O)N(C)[C@@H](C(C)C)C(=O)N1C. The van der Waals surface area contributed by atoms with Gasteiger partial charge in [-0.25, -0.2) is 0 Å². The van der Waals surface area contributed by atoms with Gasteiger partial charge < -0.3 is 60.7 Å². The highest BCUT2D eigenvalue weighted by Crippen LogP contribution is 2.26. The van der Waals surface area contributed by atoms with Crippen LogP contribution in [-0.4, -0.2) is 227 Å². The first-order chi connectivity index (χ1) is 39.2. The maximum absolute atomic E-state index is 15.1. The molecule has 1 saturated heterocycles. The van der Waals surface area contributed by atoms with Crippen molar-refractivity contribution in [3.05, 3.63) is 12.2 Å². The van der Waals surface area contributed by atoms with E-state index in [0.29, 0.717) is 6.42 Å². The standard InChI is InChI=1S/C62H111N11O12/c1-25-27-28-40(15)52(75)51-56(79)65-43(26-2)58(81)67(18)33-48(74)68(19)44(29-34(3)4)55(78)66-49(38(11)12)61(84)69(20)45(30-35(5)6)54(77)63-41(16)53(76)64-42(17)57(80)70(21)46(31-36(7)8)59(82)71(22)47(32-37(9)10)60(83)72(23)50(39(13)14)62(85)73(51)24/h25,27,34-47,49-52,75H,26,28-33H2,1-24H3,(H,63,77)(H,64,76)(H,65,79)(H,66,78)/b27-25+/t40-,41+,42-,43+,44+,45+,46-,47?,49+,50+,51?,52-/m1/s1. The Morgan fingerprint density at radius 1 is 0.459 bits per heavy atom. The normalized spacial score (nSPS) is 26.9. The van der Waals surface area contributed by atoms with Crippen LogP contribution < -0.4 is 21.3 Å². The van der Waals surface area contributed by atoms with Crippen LogP contribution >= 0.6 is 0 Å². The fraction of sp³-hybridized carbons (Fsp3) is 0.790. The topological polar surface area (TPSA) is 279 Å². The maximum atomic E-state index is 15.1. The highest BCUT2D eigenvalue weighted by Gasteiger charge is 2.45. The number of allylic oxidation sites excluding steroid dienone is 2. The number of hydrogen-bond acceptors (Lipinski definition) is 12. The predicted octanol–water partition coefficient (Wildman–Crippen LogP) is 3.27. The molecular weight excluding hydrogens is 1090 g/mol. The molecule has 2 unspecified atom stereocenters. The minimum atomic E-state index is -1.61. The molecule has 11 amide bonds. The quantitative estimate of drug-likeness (QED) is 0.148. The van der Waals surface area contributed by atoms with Crippen LogP contribution in [0.15, 0.2) is 12.2 Å². The summed E-state index contributed by atoms with van der Waals surface area (Å²) in [6, 6.07) is -12.3. The van der Waals surface area contributed by atoms with Crippen molar-refractivity contribution in [2.75, 3.05) is 55.9 Å². The van der Waals surface area contributed by atoms with E-state index in [1.807, 2.05) is 61.5 Å². The van der Waals surface area contributed by atoms with Crippen LogP contribution in [0.2, 0.25) is 0 Å². The number of nitrogens with zero attached hydrogens (tertiary/aromatic N) is 7. The average molecular weight is 1200 g/mol. The second kappa shape index (κ2) is 34.9. The van der Waals surface area contributed by atoms with Gasteiger partial charge in [-0.1, -0.05) is 109 Å². The molecule has 1 aliphatic heterocycles. The molecular formula is C62H111N11O12. The van der Waals surface area contributed by atoms with Gasteiger partial charge in [-0.3, -0.25) is 52.7 Å². The predicted molar refractivity (Wildman–Crippen MR) is 328 cm³/mol. The van der Waals surface area contributed by atoms with Gasteiger partial charge in [0.1, 0.15) is 60.4 Å². The molecule has 1 fully saturated rings. The number of carbonyl (C=O) groups is 11. The summed E-state index contributed by atoms with van der Waals surface area (Å²) < 4.78 is 0. The van der Waals surface area contributed by atoms with Gasteiger partial charge >= 0.3 is 0 Å². The minimum absolute atomic E-state index is 0.0229. The van der Waals surface area contributed by atoms with Gasteiger partial charge in [0, 0.05) is 49.3 Å². The summed E-state index contributed by atoms with van der Waals surface area (Å²) in [6.07, 6.45) is 3.04. The fourth-order valence-corrected chi connectivity index (χ4v) is 10.7. The summed E-state index contributed by atoms with van der Waals surface area (Å²) in [7, 11) is 9.92. The molecule has 0 aromatic carbocycles. The van der Waals surface area contributed by atoms with Crippen LogP contribution in [0.4, 0.5) is 0 Å². The number of aliphatic hydroxyl groups excluding tert-OH is 1. The second-order valence-corrected chi connectivity index (χ2v) is 26.1. The van der Waals surface area contributed by atoms with Gasteiger partial charge in [0.15, 0.2) is 0 Å². The van der Waals surface area contributed by atoms with Crippen LogP contribution in [0, 0.1) is 41.4 Å². The lowest BCUT2D eigenvalue weighted by molar-refractivity contribution is -0.157. The Morgan fingerprint density at radius 2 is 0.871 bits per heavy atom. The zero-order valence-corrected chi connectivity index (χ0v) is 56.1. The summed E-state index contributed by atoms with van der Waals surface area (Å²) >= 11 is 0. The molecule has 486 valence electrons. The monoisotopic (exact) mass is 1200 g/mol. The third kappa shape index (κ3) is 21.7. The van der Waals surface area contributed by atoms with Crippen molar-refractivity contribution in [1.82, 2.24) is 55.6 Å². The zero-order chi connectivity index (χ0) is 66.0. The lowest BCUT2D eigenvalue weighted by Crippen LogP contribution is -2.63. The van der Waals surface area contributed by atoms with Crippen LogP contribution in [0.25, 0.3) is 0 Å². The molecule has 0 aliphatic carbocycles. The third-order valence-electron chi connectivity index (χ3n) is 16.1. The van der Waals surface area contributed by atoms with Crippen molar-refractivity contribution >= 4 is 65.0 Å². The number of aliphatic hydroxyl groups is 1. The van der Waals surface area contributed by atoms with Crippen LogP contribution in [0.3, 0.4) is 0 Å². The molecule has 1 rings (SSSR count). The summed E-state index contributed by atoms with van der Waals surface area (Å²) in [5.41, 5.74) is 0.